The van der Waals surface area contributed by atoms with Crippen molar-refractivity contribution in [2.45, 2.75) is 90.8 Å². The van der Waals surface area contributed by atoms with Crippen LogP contribution in [0.15, 0.2) is 54.7 Å². The molecule has 1 saturated carbocycles. The van der Waals surface area contributed by atoms with E-state index < -0.39 is 23.1 Å². The van der Waals surface area contributed by atoms with E-state index in [-0.39, 0.29) is 29.6 Å². The molecule has 58 heavy (non-hydrogen) atoms. The van der Waals surface area contributed by atoms with Crippen LogP contribution in [0.5, 0.6) is 5.75 Å². The Morgan fingerprint density at radius 1 is 0.879 bits per heavy atom. The lowest BCUT2D eigenvalue weighted by molar-refractivity contribution is -0.180. The van der Waals surface area contributed by atoms with Crippen molar-refractivity contribution in [2.24, 2.45) is 11.3 Å². The molecule has 4 aliphatic rings. The Balaban J connectivity index is 0.837. The normalized spacial score (nSPS) is 24.9. The van der Waals surface area contributed by atoms with Crippen molar-refractivity contribution in [3.63, 3.8) is 0 Å². The number of piperidine rings is 2. The van der Waals surface area contributed by atoms with Crippen LogP contribution in [0.2, 0.25) is 0 Å². The van der Waals surface area contributed by atoms with Gasteiger partial charge in [-0.2, -0.15) is 5.26 Å². The van der Waals surface area contributed by atoms with Crippen LogP contribution >= 0.6 is 0 Å². The summed E-state index contributed by atoms with van der Waals surface area (Å²) < 4.78 is 6.58. The molecule has 1 aromatic heterocycles. The number of pyridine rings is 1. The predicted octanol–water partition coefficient (Wildman–Crippen LogP) is 4.90. The van der Waals surface area contributed by atoms with Gasteiger partial charge in [-0.3, -0.25) is 29.4 Å². The minimum atomic E-state index is -0.718. The number of nitrogens with one attached hydrogen (secondary N) is 3. The number of carbonyl (C=O) groups excluding carboxylic acids is 4. The second kappa shape index (κ2) is 16.0. The Labute approximate surface area is 341 Å². The fourth-order valence-corrected chi connectivity index (χ4v) is 9.20. The van der Waals surface area contributed by atoms with E-state index in [1.807, 2.05) is 44.2 Å². The van der Waals surface area contributed by atoms with Crippen molar-refractivity contribution in [2.75, 3.05) is 55.6 Å². The van der Waals surface area contributed by atoms with Gasteiger partial charge in [-0.25, -0.2) is 4.98 Å². The van der Waals surface area contributed by atoms with Crippen molar-refractivity contribution in [1.29, 1.82) is 5.26 Å². The number of imide groups is 1. The van der Waals surface area contributed by atoms with Gasteiger partial charge >= 0.3 is 0 Å². The molecule has 3 atom stereocenters. The van der Waals surface area contributed by atoms with Crippen LogP contribution in [0, 0.1) is 36.5 Å². The molecule has 2 unspecified atom stereocenters. The van der Waals surface area contributed by atoms with Crippen LogP contribution in [0.1, 0.15) is 97.2 Å². The summed E-state index contributed by atoms with van der Waals surface area (Å²) in [5.41, 5.74) is 3.31. The number of nitriles is 1. The van der Waals surface area contributed by atoms with Gasteiger partial charge in [0.1, 0.15) is 23.2 Å². The van der Waals surface area contributed by atoms with Crippen LogP contribution in [0.3, 0.4) is 0 Å². The molecule has 13 nitrogen and oxygen atoms in total. The van der Waals surface area contributed by atoms with Gasteiger partial charge in [-0.05, 0) is 113 Å². The van der Waals surface area contributed by atoms with E-state index >= 15 is 0 Å². The lowest BCUT2D eigenvalue weighted by Gasteiger charge is -2.65. The van der Waals surface area contributed by atoms with E-state index in [1.54, 1.807) is 12.3 Å². The molecule has 4 fully saturated rings. The van der Waals surface area contributed by atoms with Gasteiger partial charge < -0.3 is 25.2 Å². The SMILES string of the molecule is Cc1cc(OC2(C)CC(C)(NC(=O)c3ccc(N4CCC(CN5CCN(c6ccc(C(=O)N[C@H]7CCC(=O)NC7=O)cn6)CC5)CC4)cc3)C2(C)C)cc(C)c1C#N. The van der Waals surface area contributed by atoms with Crippen molar-refractivity contribution >= 4 is 35.1 Å². The third-order valence-electron chi connectivity index (χ3n) is 13.6. The van der Waals surface area contributed by atoms with E-state index in [2.05, 4.69) is 81.5 Å². The van der Waals surface area contributed by atoms with E-state index in [0.717, 1.165) is 87.0 Å². The number of amides is 4. The smallest absolute Gasteiger partial charge is 0.253 e. The van der Waals surface area contributed by atoms with Crippen molar-refractivity contribution in [3.8, 4) is 11.8 Å². The maximum Gasteiger partial charge on any atom is 0.253 e. The van der Waals surface area contributed by atoms with Crippen LogP contribution in [0.4, 0.5) is 11.5 Å². The van der Waals surface area contributed by atoms with Crippen LogP contribution in [-0.2, 0) is 9.59 Å². The molecule has 0 spiro atoms. The summed E-state index contributed by atoms with van der Waals surface area (Å²) in [4.78, 5) is 61.4. The molecule has 3 saturated heterocycles. The largest absolute Gasteiger partial charge is 0.487 e. The minimum absolute atomic E-state index is 0.0877. The van der Waals surface area contributed by atoms with Gasteiger partial charge in [0.15, 0.2) is 0 Å². The highest BCUT2D eigenvalue weighted by Gasteiger charge is 2.67. The molecule has 7 rings (SSSR count). The van der Waals surface area contributed by atoms with E-state index in [0.29, 0.717) is 35.4 Å². The first-order valence-electron chi connectivity index (χ1n) is 20.5. The first kappa shape index (κ1) is 40.7. The highest BCUT2D eigenvalue weighted by molar-refractivity contribution is 6.03. The van der Waals surface area contributed by atoms with Crippen molar-refractivity contribution < 1.29 is 23.9 Å². The highest BCUT2D eigenvalue weighted by atomic mass is 16.5. The Morgan fingerprint density at radius 2 is 1.53 bits per heavy atom. The quantitative estimate of drug-likeness (QED) is 0.241. The summed E-state index contributed by atoms with van der Waals surface area (Å²) in [7, 11) is 0. The van der Waals surface area contributed by atoms with Gasteiger partial charge in [0.2, 0.25) is 11.8 Å². The van der Waals surface area contributed by atoms with Crippen LogP contribution in [-0.4, -0.2) is 96.5 Å². The Kier molecular flexibility index (Phi) is 11.3. The first-order valence-corrected chi connectivity index (χ1v) is 20.5. The molecular weight excluding hydrogens is 733 g/mol. The number of aromatic nitrogens is 1. The molecule has 3 aliphatic heterocycles. The van der Waals surface area contributed by atoms with Gasteiger partial charge in [0.25, 0.3) is 11.8 Å². The average Bonchev–Trinajstić information content (AvgIpc) is 3.19. The number of hydrogen-bond donors (Lipinski definition) is 3. The number of rotatable bonds is 10. The Morgan fingerprint density at radius 3 is 2.12 bits per heavy atom. The van der Waals surface area contributed by atoms with Gasteiger partial charge in [-0.1, -0.05) is 13.8 Å². The topological polar surface area (TPSA) is 160 Å². The molecular formula is C45H56N8O5. The summed E-state index contributed by atoms with van der Waals surface area (Å²) in [6.07, 6.45) is 4.93. The predicted molar refractivity (Wildman–Crippen MR) is 222 cm³/mol. The Hall–Kier alpha value is -5.48. The molecule has 13 heteroatoms. The number of benzene rings is 2. The number of anilines is 2. The second-order valence-corrected chi connectivity index (χ2v) is 17.6. The molecule has 0 radical (unpaired) electrons. The number of aryl methyl sites for hydroxylation is 2. The zero-order chi connectivity index (χ0) is 41.4. The molecule has 3 aromatic rings. The summed E-state index contributed by atoms with van der Waals surface area (Å²) >= 11 is 0. The summed E-state index contributed by atoms with van der Waals surface area (Å²) in [5, 5.41) is 17.8. The van der Waals surface area contributed by atoms with Crippen LogP contribution in [0.25, 0.3) is 0 Å². The second-order valence-electron chi connectivity index (χ2n) is 17.6. The minimum Gasteiger partial charge on any atom is -0.487 e. The number of piperazine rings is 1. The zero-order valence-corrected chi connectivity index (χ0v) is 34.6. The molecule has 306 valence electrons. The molecule has 2 aromatic carbocycles. The van der Waals surface area contributed by atoms with E-state index in [9.17, 15) is 24.4 Å². The van der Waals surface area contributed by atoms with Gasteiger partial charge in [0.05, 0.1) is 22.7 Å². The van der Waals surface area contributed by atoms with Crippen molar-refractivity contribution in [1.82, 2.24) is 25.8 Å². The highest BCUT2D eigenvalue weighted by Crippen LogP contribution is 2.58. The zero-order valence-electron chi connectivity index (χ0n) is 34.6. The fourth-order valence-electron chi connectivity index (χ4n) is 9.20. The van der Waals surface area contributed by atoms with E-state index in [1.165, 1.54) is 0 Å². The standard InChI is InChI=1S/C45H56N8O5/c1-29-23-35(24-30(2)36(29)25-46)58-45(6)28-44(5,43(45,3)4)50-41(56)32-7-10-34(11-8-32)52-17-15-31(16-18-52)27-51-19-21-53(22-20-51)38-13-9-33(26-47-38)40(55)48-37-12-14-39(54)49-42(37)57/h7-11,13,23-24,26,31,37H,12,14-22,27-28H2,1-6H3,(H,48,55)(H,50,56)(H,49,54,57)/t37-,44?,45?/m0/s1. The maximum absolute atomic E-state index is 13.6. The number of carbonyl (C=O) groups is 4. The molecule has 4 amide bonds. The fraction of sp³-hybridized carbons (Fsp3) is 0.511. The number of nitrogens with zero attached hydrogens (tertiary/aromatic N) is 5. The summed E-state index contributed by atoms with van der Waals surface area (Å²) in [5.74, 6) is 0.938. The van der Waals surface area contributed by atoms with Gasteiger partial charge in [0, 0.05) is 81.5 Å². The first-order chi connectivity index (χ1) is 27.6. The number of ether oxygens (including phenoxy) is 1. The summed E-state index contributed by atoms with van der Waals surface area (Å²) in [6, 6.07) is 17.0. The van der Waals surface area contributed by atoms with Crippen molar-refractivity contribution in [3.05, 3.63) is 82.5 Å². The lowest BCUT2D eigenvalue weighted by atomic mass is 9.48. The number of hydrogen-bond acceptors (Lipinski definition) is 10. The molecule has 3 N–H and O–H groups in total. The monoisotopic (exact) mass is 788 g/mol. The van der Waals surface area contributed by atoms with Gasteiger partial charge in [-0.15, -0.1) is 0 Å². The third-order valence-corrected chi connectivity index (χ3v) is 13.6. The van der Waals surface area contributed by atoms with Crippen LogP contribution < -0.4 is 30.5 Å². The third kappa shape index (κ3) is 8.12. The Bertz CT molecular complexity index is 2070. The summed E-state index contributed by atoms with van der Waals surface area (Å²) in [6.45, 7) is 19.0. The average molecular weight is 789 g/mol. The lowest BCUT2D eigenvalue weighted by Crippen LogP contribution is -2.77. The molecule has 0 bridgehead atoms. The van der Waals surface area contributed by atoms with E-state index in [4.69, 9.17) is 4.74 Å². The maximum atomic E-state index is 13.6. The molecule has 4 heterocycles. The molecule has 1 aliphatic carbocycles.